The zero-order chi connectivity index (χ0) is 38.2. The molecule has 280 valence electrons. The molecule has 0 aromatic rings. The second-order valence-corrected chi connectivity index (χ2v) is 15.0. The summed E-state index contributed by atoms with van der Waals surface area (Å²) in [6.45, 7) is 27.8. The molecular weight excluding hydrogens is 616 g/mol. The highest BCUT2D eigenvalue weighted by atomic mass is 16.6. The number of aliphatic carboxylic acids is 1. The zero-order valence-electron chi connectivity index (χ0n) is 32.6. The van der Waals surface area contributed by atoms with E-state index >= 15 is 0 Å². The Morgan fingerprint density at radius 2 is 0.958 bits per heavy atom. The molecule has 0 saturated carbocycles. The van der Waals surface area contributed by atoms with E-state index in [1.807, 2.05) is 68.4 Å². The Hall–Kier alpha value is -2.40. The first-order valence-electron chi connectivity index (χ1n) is 16.8. The van der Waals surface area contributed by atoms with Crippen molar-refractivity contribution in [3.05, 3.63) is 25.3 Å². The number of ketones is 2. The van der Waals surface area contributed by atoms with Crippen molar-refractivity contribution in [2.45, 2.75) is 132 Å². The van der Waals surface area contributed by atoms with Crippen LogP contribution in [0.3, 0.4) is 0 Å². The van der Waals surface area contributed by atoms with E-state index in [-0.39, 0.29) is 66.3 Å². The Bertz CT molecular complexity index is 1020. The number of allylic oxidation sites excluding steroid dienone is 2. The van der Waals surface area contributed by atoms with Gasteiger partial charge in [-0.25, -0.2) is 0 Å². The van der Waals surface area contributed by atoms with E-state index in [1.165, 1.54) is 14.2 Å². The fourth-order valence-corrected chi connectivity index (χ4v) is 6.40. The summed E-state index contributed by atoms with van der Waals surface area (Å²) in [5.74, 6) is -1.77. The Morgan fingerprint density at radius 3 is 1.21 bits per heavy atom. The summed E-state index contributed by atoms with van der Waals surface area (Å²) in [5, 5.41) is 8.99. The summed E-state index contributed by atoms with van der Waals surface area (Å²) in [4.78, 5) is 49.2. The lowest BCUT2D eigenvalue weighted by Gasteiger charge is -2.37. The smallest absolute Gasteiger partial charge is 0.308 e. The maximum atomic E-state index is 13.2. The number of hydrogen-bond donors (Lipinski definition) is 1. The zero-order valence-corrected chi connectivity index (χ0v) is 32.6. The van der Waals surface area contributed by atoms with Gasteiger partial charge in [0.1, 0.15) is 17.2 Å². The molecule has 0 aliphatic heterocycles. The molecule has 0 heterocycles. The SMILES string of the molecule is C=CC[C@H](C)[C@H](OC)[C@@H](C)C(=O)C(C)(C)[C@H](CC(=O)O)OC.C=CC[C@H](C)[C@H](OC)[C@@H](C)C(=O)C(C)(C)[C@H](CC(=O)OC(C)(C)C)OC. The van der Waals surface area contributed by atoms with Crippen molar-refractivity contribution >= 4 is 23.5 Å². The number of hydrogen-bond acceptors (Lipinski definition) is 9. The van der Waals surface area contributed by atoms with Crippen LogP contribution < -0.4 is 0 Å². The highest BCUT2D eigenvalue weighted by Gasteiger charge is 2.45. The van der Waals surface area contributed by atoms with Crippen LogP contribution in [-0.4, -0.2) is 87.1 Å². The third kappa shape index (κ3) is 15.0. The molecule has 0 rings (SSSR count). The van der Waals surface area contributed by atoms with Gasteiger partial charge < -0.3 is 28.8 Å². The second kappa shape index (κ2) is 21.6. The minimum atomic E-state index is -0.983. The Kier molecular flexibility index (Phi) is 21.5. The molecule has 0 unspecified atom stereocenters. The van der Waals surface area contributed by atoms with E-state index in [4.69, 9.17) is 28.8 Å². The first-order chi connectivity index (χ1) is 21.9. The van der Waals surface area contributed by atoms with Crippen LogP contribution >= 0.6 is 0 Å². The average Bonchev–Trinajstić information content (AvgIpc) is 2.97. The molecular formula is C38H68O10. The topological polar surface area (TPSA) is 135 Å². The molecule has 0 aliphatic rings. The van der Waals surface area contributed by atoms with Gasteiger partial charge in [0.25, 0.3) is 0 Å². The number of carbonyl (C=O) groups is 4. The van der Waals surface area contributed by atoms with Gasteiger partial charge in [-0.1, -0.05) is 67.5 Å². The first-order valence-corrected chi connectivity index (χ1v) is 16.8. The monoisotopic (exact) mass is 684 g/mol. The number of esters is 1. The number of carbonyl (C=O) groups excluding carboxylic acids is 3. The lowest BCUT2D eigenvalue weighted by molar-refractivity contribution is -0.162. The van der Waals surface area contributed by atoms with Crippen molar-refractivity contribution in [2.75, 3.05) is 28.4 Å². The largest absolute Gasteiger partial charge is 0.481 e. The molecule has 0 aliphatic carbocycles. The molecule has 0 bridgehead atoms. The van der Waals surface area contributed by atoms with E-state index in [0.717, 1.165) is 12.8 Å². The predicted molar refractivity (Wildman–Crippen MR) is 190 cm³/mol. The van der Waals surface area contributed by atoms with Gasteiger partial charge >= 0.3 is 11.9 Å². The van der Waals surface area contributed by atoms with Gasteiger partial charge in [0.05, 0.1) is 48.1 Å². The number of methoxy groups -OCH3 is 4. The molecule has 8 atom stereocenters. The number of ether oxygens (including phenoxy) is 5. The lowest BCUT2D eigenvalue weighted by atomic mass is 9.73. The fourth-order valence-electron chi connectivity index (χ4n) is 6.40. The summed E-state index contributed by atoms with van der Waals surface area (Å²) in [5.41, 5.74) is -2.33. The molecule has 0 radical (unpaired) electrons. The number of Topliss-reactive ketones (excluding diaryl/α,β-unsaturated/α-hetero) is 2. The number of carboxylic acid groups (broad SMARTS) is 1. The molecule has 48 heavy (non-hydrogen) atoms. The third-order valence-electron chi connectivity index (χ3n) is 9.14. The molecule has 10 heteroatoms. The van der Waals surface area contributed by atoms with Crippen molar-refractivity contribution in [3.8, 4) is 0 Å². The van der Waals surface area contributed by atoms with Gasteiger partial charge in [-0.05, 0) is 45.4 Å². The summed E-state index contributed by atoms with van der Waals surface area (Å²) in [6.07, 6.45) is 3.27. The minimum Gasteiger partial charge on any atom is -0.481 e. The van der Waals surface area contributed by atoms with Crippen LogP contribution in [-0.2, 0) is 42.9 Å². The van der Waals surface area contributed by atoms with Crippen LogP contribution in [0.1, 0.15) is 102 Å². The van der Waals surface area contributed by atoms with Gasteiger partial charge in [0.15, 0.2) is 0 Å². The van der Waals surface area contributed by atoms with E-state index < -0.39 is 34.6 Å². The third-order valence-corrected chi connectivity index (χ3v) is 9.14. The van der Waals surface area contributed by atoms with Gasteiger partial charge in [-0.15, -0.1) is 13.2 Å². The van der Waals surface area contributed by atoms with Crippen LogP contribution in [0.5, 0.6) is 0 Å². The van der Waals surface area contributed by atoms with E-state index in [0.29, 0.717) is 0 Å². The quantitative estimate of drug-likeness (QED) is 0.0927. The second-order valence-electron chi connectivity index (χ2n) is 15.0. The van der Waals surface area contributed by atoms with Gasteiger partial charge in [0, 0.05) is 40.3 Å². The van der Waals surface area contributed by atoms with Crippen LogP contribution in [0.2, 0.25) is 0 Å². The predicted octanol–water partition coefficient (Wildman–Crippen LogP) is 7.13. The van der Waals surface area contributed by atoms with Gasteiger partial charge in [-0.3, -0.25) is 19.2 Å². The van der Waals surface area contributed by atoms with Crippen LogP contribution in [0.25, 0.3) is 0 Å². The molecule has 0 aromatic heterocycles. The maximum Gasteiger partial charge on any atom is 0.308 e. The molecule has 0 amide bonds. The summed E-state index contributed by atoms with van der Waals surface area (Å²) in [7, 11) is 6.16. The van der Waals surface area contributed by atoms with E-state index in [2.05, 4.69) is 13.2 Å². The van der Waals surface area contributed by atoms with Crippen LogP contribution in [0.15, 0.2) is 25.3 Å². The van der Waals surface area contributed by atoms with Crippen molar-refractivity contribution in [1.29, 1.82) is 0 Å². The van der Waals surface area contributed by atoms with Gasteiger partial charge in [-0.2, -0.15) is 0 Å². The lowest BCUT2D eigenvalue weighted by Crippen LogP contribution is -2.47. The summed E-state index contributed by atoms with van der Waals surface area (Å²) in [6, 6.07) is 0. The standard InChI is InChI=1S/C21H38O5.C17H30O5/c1-11-12-14(2)18(25-10)15(3)19(23)21(7,8)16(24-9)13-17(22)26-20(4,5)6;1-8-9-11(2)15(22-7)12(3)16(20)17(4,5)13(21-6)10-14(18)19/h11,14-16,18H,1,12-13H2,2-10H3;8,11-13,15H,1,9-10H2,2-7H3,(H,18,19)/t14-,15+,16-,18-;11-,12+,13-,15-/m00/s1. The summed E-state index contributed by atoms with van der Waals surface area (Å²) >= 11 is 0. The molecule has 1 N–H and O–H groups in total. The average molecular weight is 685 g/mol. The highest BCUT2D eigenvalue weighted by Crippen LogP contribution is 2.35. The normalized spacial score (nSPS) is 17.2. The molecule has 0 saturated heterocycles. The summed E-state index contributed by atoms with van der Waals surface area (Å²) < 4.78 is 27.3. The van der Waals surface area contributed by atoms with Crippen molar-refractivity contribution in [1.82, 2.24) is 0 Å². The molecule has 0 aromatic carbocycles. The Morgan fingerprint density at radius 1 is 0.625 bits per heavy atom. The van der Waals surface area contributed by atoms with E-state index in [1.54, 1.807) is 34.1 Å². The molecule has 0 spiro atoms. The first kappa shape index (κ1) is 47.7. The van der Waals surface area contributed by atoms with Crippen LogP contribution in [0, 0.1) is 34.5 Å². The maximum absolute atomic E-state index is 13.2. The van der Waals surface area contributed by atoms with Gasteiger partial charge in [0.2, 0.25) is 0 Å². The van der Waals surface area contributed by atoms with Crippen molar-refractivity contribution in [3.63, 3.8) is 0 Å². The molecule has 0 fully saturated rings. The number of carboxylic acids is 1. The molecule has 10 nitrogen and oxygen atoms in total. The van der Waals surface area contributed by atoms with E-state index in [9.17, 15) is 19.2 Å². The minimum absolute atomic E-state index is 0.00988. The fraction of sp³-hybridized carbons (Fsp3) is 0.789. The van der Waals surface area contributed by atoms with Crippen molar-refractivity contribution < 1.29 is 48.0 Å². The Balaban J connectivity index is 0. The highest BCUT2D eigenvalue weighted by molar-refractivity contribution is 5.88. The Labute approximate surface area is 291 Å². The van der Waals surface area contributed by atoms with Crippen molar-refractivity contribution in [2.24, 2.45) is 34.5 Å². The number of rotatable bonds is 22. The van der Waals surface area contributed by atoms with Crippen LogP contribution in [0.4, 0.5) is 0 Å².